The van der Waals surface area contributed by atoms with Crippen LogP contribution in [-0.2, 0) is 0 Å². The summed E-state index contributed by atoms with van der Waals surface area (Å²) in [5.41, 5.74) is 0. The molecule has 84 valence electrons. The van der Waals surface area contributed by atoms with E-state index < -0.39 is 0 Å². The van der Waals surface area contributed by atoms with Crippen molar-refractivity contribution in [2.75, 3.05) is 26.2 Å². The summed E-state index contributed by atoms with van der Waals surface area (Å²) < 4.78 is 0. The van der Waals surface area contributed by atoms with Gasteiger partial charge in [0.05, 0.1) is 6.10 Å². The van der Waals surface area contributed by atoms with E-state index >= 15 is 0 Å². The van der Waals surface area contributed by atoms with Crippen LogP contribution in [0, 0.1) is 0 Å². The first-order chi connectivity index (χ1) is 6.83. The van der Waals surface area contributed by atoms with Crippen LogP contribution >= 0.6 is 0 Å². The Hall–Kier alpha value is -0.120. The topological polar surface area (TPSA) is 43.7 Å². The zero-order valence-electron chi connectivity index (χ0n) is 8.99. The van der Waals surface area contributed by atoms with E-state index in [1.165, 1.54) is 12.8 Å². The van der Waals surface area contributed by atoms with Gasteiger partial charge in [0.1, 0.15) is 0 Å². The van der Waals surface area contributed by atoms with Gasteiger partial charge in [-0.2, -0.15) is 0 Å². The maximum absolute atomic E-state index is 9.45. The molecule has 1 rings (SSSR count). The van der Waals surface area contributed by atoms with Crippen molar-refractivity contribution in [3.05, 3.63) is 0 Å². The lowest BCUT2D eigenvalue weighted by molar-refractivity contribution is 0.0697. The van der Waals surface area contributed by atoms with Crippen LogP contribution in [0.2, 0.25) is 0 Å². The van der Waals surface area contributed by atoms with Crippen LogP contribution in [0.4, 0.5) is 0 Å². The van der Waals surface area contributed by atoms with E-state index in [2.05, 4.69) is 4.90 Å². The Bertz CT molecular complexity index is 141. The predicted molar refractivity (Wildman–Crippen MR) is 57.2 cm³/mol. The fourth-order valence-electron chi connectivity index (χ4n) is 2.03. The molecule has 1 atom stereocenters. The summed E-state index contributed by atoms with van der Waals surface area (Å²) in [4.78, 5) is 2.35. The number of aliphatic hydroxyl groups excluding tert-OH is 2. The van der Waals surface area contributed by atoms with Gasteiger partial charge in [-0.1, -0.05) is 12.8 Å². The molecule has 0 saturated carbocycles. The molecule has 0 aromatic carbocycles. The molecule has 0 spiro atoms. The van der Waals surface area contributed by atoms with Crippen LogP contribution in [0.15, 0.2) is 0 Å². The first kappa shape index (κ1) is 12.0. The molecule has 1 aliphatic rings. The molecular weight excluding hydrogens is 178 g/mol. The minimum absolute atomic E-state index is 0.0961. The van der Waals surface area contributed by atoms with E-state index in [9.17, 15) is 5.11 Å². The highest BCUT2D eigenvalue weighted by Gasteiger charge is 2.16. The highest BCUT2D eigenvalue weighted by molar-refractivity contribution is 4.71. The number of β-amino-alcohol motifs (C(OH)–C–C–N with tert-alkyl or cyclic N) is 1. The molecule has 0 amide bonds. The second-order valence-corrected chi connectivity index (χ2v) is 4.23. The van der Waals surface area contributed by atoms with E-state index in [-0.39, 0.29) is 6.10 Å². The van der Waals surface area contributed by atoms with Gasteiger partial charge in [-0.15, -0.1) is 0 Å². The van der Waals surface area contributed by atoms with Crippen molar-refractivity contribution in [3.8, 4) is 0 Å². The maximum atomic E-state index is 9.45. The van der Waals surface area contributed by atoms with Gasteiger partial charge in [-0.05, 0) is 38.8 Å². The van der Waals surface area contributed by atoms with Crippen molar-refractivity contribution in [3.63, 3.8) is 0 Å². The molecule has 1 saturated heterocycles. The minimum Gasteiger partial charge on any atom is -0.396 e. The Labute approximate surface area is 86.7 Å². The maximum Gasteiger partial charge on any atom is 0.0667 e. The largest absolute Gasteiger partial charge is 0.396 e. The van der Waals surface area contributed by atoms with E-state index in [1.54, 1.807) is 0 Å². The fraction of sp³-hybridized carbons (Fsp3) is 1.00. The van der Waals surface area contributed by atoms with Gasteiger partial charge >= 0.3 is 0 Å². The van der Waals surface area contributed by atoms with Crippen molar-refractivity contribution in [2.45, 2.75) is 44.6 Å². The lowest BCUT2D eigenvalue weighted by atomic mass is 10.1. The van der Waals surface area contributed by atoms with E-state index in [0.717, 1.165) is 45.3 Å². The van der Waals surface area contributed by atoms with Crippen molar-refractivity contribution < 1.29 is 10.2 Å². The molecular formula is C11H23NO2. The molecule has 0 aromatic heterocycles. The second kappa shape index (κ2) is 7.21. The fourth-order valence-corrected chi connectivity index (χ4v) is 2.03. The van der Waals surface area contributed by atoms with Gasteiger partial charge in [0.2, 0.25) is 0 Å². The van der Waals surface area contributed by atoms with E-state index in [0.29, 0.717) is 6.61 Å². The third-order valence-corrected chi connectivity index (χ3v) is 2.86. The van der Waals surface area contributed by atoms with Gasteiger partial charge in [0.25, 0.3) is 0 Å². The van der Waals surface area contributed by atoms with Gasteiger partial charge in [-0.25, -0.2) is 0 Å². The molecule has 2 N–H and O–H groups in total. The van der Waals surface area contributed by atoms with E-state index in [4.69, 9.17) is 5.11 Å². The van der Waals surface area contributed by atoms with Crippen LogP contribution in [0.25, 0.3) is 0 Å². The summed E-state index contributed by atoms with van der Waals surface area (Å²) in [7, 11) is 0. The second-order valence-electron chi connectivity index (χ2n) is 4.23. The molecule has 0 aromatic rings. The predicted octanol–water partition coefficient (Wildman–Crippen LogP) is 0.996. The number of hydrogen-bond acceptors (Lipinski definition) is 3. The molecule has 0 aliphatic carbocycles. The normalized spacial score (nSPS) is 24.0. The average molecular weight is 201 g/mol. The molecule has 3 heteroatoms. The summed E-state index contributed by atoms with van der Waals surface area (Å²) >= 11 is 0. The van der Waals surface area contributed by atoms with Crippen molar-refractivity contribution in [2.24, 2.45) is 0 Å². The Morgan fingerprint density at radius 3 is 2.64 bits per heavy atom. The molecule has 1 unspecified atom stereocenters. The number of rotatable bonds is 6. The van der Waals surface area contributed by atoms with Crippen molar-refractivity contribution in [1.82, 2.24) is 4.90 Å². The molecule has 14 heavy (non-hydrogen) atoms. The summed E-state index contributed by atoms with van der Waals surface area (Å²) in [6, 6.07) is 0. The van der Waals surface area contributed by atoms with E-state index in [1.807, 2.05) is 0 Å². The smallest absolute Gasteiger partial charge is 0.0667 e. The summed E-state index contributed by atoms with van der Waals surface area (Å²) in [6.07, 6.45) is 6.48. The number of piperidine rings is 1. The molecule has 1 aliphatic heterocycles. The Balaban J connectivity index is 1.95. The van der Waals surface area contributed by atoms with Crippen molar-refractivity contribution in [1.29, 1.82) is 0 Å². The van der Waals surface area contributed by atoms with Crippen LogP contribution in [-0.4, -0.2) is 47.5 Å². The number of aliphatic hydroxyl groups is 2. The van der Waals surface area contributed by atoms with Crippen LogP contribution in [0.3, 0.4) is 0 Å². The van der Waals surface area contributed by atoms with Crippen molar-refractivity contribution >= 4 is 0 Å². The van der Waals surface area contributed by atoms with Gasteiger partial charge in [0.15, 0.2) is 0 Å². The molecule has 1 fully saturated rings. The first-order valence-corrected chi connectivity index (χ1v) is 5.84. The van der Waals surface area contributed by atoms with Crippen LogP contribution < -0.4 is 0 Å². The third-order valence-electron chi connectivity index (χ3n) is 2.86. The van der Waals surface area contributed by atoms with Crippen LogP contribution in [0.5, 0.6) is 0 Å². The highest BCUT2D eigenvalue weighted by Crippen LogP contribution is 2.11. The van der Waals surface area contributed by atoms with Gasteiger partial charge in [0, 0.05) is 13.2 Å². The number of unbranched alkanes of at least 4 members (excludes halogenated alkanes) is 3. The molecule has 1 heterocycles. The van der Waals surface area contributed by atoms with Gasteiger partial charge in [-0.3, -0.25) is 0 Å². The molecule has 0 bridgehead atoms. The van der Waals surface area contributed by atoms with Crippen LogP contribution in [0.1, 0.15) is 38.5 Å². The SMILES string of the molecule is OCCCCCCN1CCCC(O)C1. The molecule has 0 radical (unpaired) electrons. The number of hydrogen-bond donors (Lipinski definition) is 2. The quantitative estimate of drug-likeness (QED) is 0.630. The Kier molecular flexibility index (Phi) is 6.15. The Morgan fingerprint density at radius 2 is 1.93 bits per heavy atom. The summed E-state index contributed by atoms with van der Waals surface area (Å²) in [6.45, 7) is 3.45. The minimum atomic E-state index is -0.0961. The highest BCUT2D eigenvalue weighted by atomic mass is 16.3. The standard InChI is InChI=1S/C11H23NO2/c13-9-4-2-1-3-7-12-8-5-6-11(14)10-12/h11,13-14H,1-10H2. The third kappa shape index (κ3) is 4.94. The summed E-state index contributed by atoms with van der Waals surface area (Å²) in [5.74, 6) is 0. The summed E-state index contributed by atoms with van der Waals surface area (Å²) in [5, 5.41) is 18.1. The zero-order chi connectivity index (χ0) is 10.2. The first-order valence-electron chi connectivity index (χ1n) is 5.84. The number of nitrogens with zero attached hydrogens (tertiary/aromatic N) is 1. The monoisotopic (exact) mass is 201 g/mol. The van der Waals surface area contributed by atoms with Gasteiger partial charge < -0.3 is 15.1 Å². The lowest BCUT2D eigenvalue weighted by Gasteiger charge is -2.29. The average Bonchev–Trinajstić information content (AvgIpc) is 2.18. The zero-order valence-corrected chi connectivity index (χ0v) is 8.99. The number of likely N-dealkylation sites (tertiary alicyclic amines) is 1. The Morgan fingerprint density at radius 1 is 1.14 bits per heavy atom. The lowest BCUT2D eigenvalue weighted by Crippen LogP contribution is -2.38. The molecule has 3 nitrogen and oxygen atoms in total.